The van der Waals surface area contributed by atoms with Gasteiger partial charge in [-0.25, -0.2) is 0 Å². The van der Waals surface area contributed by atoms with Crippen LogP contribution in [0.3, 0.4) is 0 Å². The molecule has 0 nitrogen and oxygen atoms in total. The zero-order valence-electron chi connectivity index (χ0n) is 30.9. The van der Waals surface area contributed by atoms with Gasteiger partial charge < -0.3 is 0 Å². The van der Waals surface area contributed by atoms with Gasteiger partial charge in [0.25, 0.3) is 0 Å². The summed E-state index contributed by atoms with van der Waals surface area (Å²) in [5, 5.41) is 10.8. The Morgan fingerprint density at radius 1 is 0.481 bits per heavy atom. The minimum absolute atomic E-state index is 0.826. The van der Waals surface area contributed by atoms with Crippen molar-refractivity contribution in [2.45, 2.75) is 65.5 Å². The van der Waals surface area contributed by atoms with Crippen LogP contribution in [0.2, 0.25) is 13.1 Å². The van der Waals surface area contributed by atoms with Gasteiger partial charge in [-0.15, -0.1) is 69.1 Å². The molecule has 8 rings (SSSR count). The van der Waals surface area contributed by atoms with Gasteiger partial charge in [0.1, 0.15) is 0 Å². The molecule has 52 heavy (non-hydrogen) atoms. The molecule has 262 valence electrons. The Morgan fingerprint density at radius 3 is 1.19 bits per heavy atom. The van der Waals surface area contributed by atoms with E-state index in [1.165, 1.54) is 115 Å². The van der Waals surface area contributed by atoms with E-state index >= 15 is 0 Å². The van der Waals surface area contributed by atoms with Crippen LogP contribution in [0.1, 0.15) is 50.7 Å². The van der Waals surface area contributed by atoms with Crippen LogP contribution >= 0.6 is 17.0 Å². The maximum absolute atomic E-state index is 4.93. The summed E-state index contributed by atoms with van der Waals surface area (Å²) in [6.07, 6.45) is 7.38. The van der Waals surface area contributed by atoms with Crippen molar-refractivity contribution in [2.24, 2.45) is 0 Å². The molecular weight excluding hydrogens is 767 g/mol. The summed E-state index contributed by atoms with van der Waals surface area (Å²) in [5.41, 5.74) is 8.30. The van der Waals surface area contributed by atoms with Crippen molar-refractivity contribution >= 4 is 69.6 Å². The zero-order chi connectivity index (χ0) is 36.7. The molecule has 0 atom stereocenters. The summed E-state index contributed by atoms with van der Waals surface area (Å²) in [4.78, 5) is 0. The normalized spacial score (nSPS) is 10.6. The van der Waals surface area contributed by atoms with E-state index in [0.29, 0.717) is 0 Å². The van der Waals surface area contributed by atoms with Gasteiger partial charge in [-0.05, 0) is 45.5 Å². The van der Waals surface area contributed by atoms with Crippen molar-refractivity contribution in [3.05, 3.63) is 157 Å². The molecular formula is C48H48Cl2SiZr. The number of fused-ring (bicyclic) bond motifs is 4. The van der Waals surface area contributed by atoms with E-state index in [-0.39, 0.29) is 0 Å². The van der Waals surface area contributed by atoms with Gasteiger partial charge in [-0.2, -0.15) is 12.1 Å². The standard InChI is InChI=1S/2C23H21.C2H6Si.2ClH.Zr/c2*1-2-3-8-17-15-19-11-7-14-22(23(19)16-17)21-13-6-10-18-9-4-5-12-20(18)21;1-3-2;;;/h2*4-7,9-16H,2-3,8H2,1H3;1-2H3;2*1H;/q2*-1;;;;+4/p-2. The van der Waals surface area contributed by atoms with E-state index in [2.05, 4.69) is 173 Å². The summed E-state index contributed by atoms with van der Waals surface area (Å²) in [6.45, 7) is 8.81. The Morgan fingerprint density at radius 2 is 0.808 bits per heavy atom. The van der Waals surface area contributed by atoms with Gasteiger partial charge in [0, 0.05) is 9.52 Å². The van der Waals surface area contributed by atoms with Gasteiger partial charge in [0.05, 0.1) is 0 Å². The number of rotatable bonds is 8. The Hall–Kier alpha value is -3.26. The Balaban J connectivity index is 0.000000175. The van der Waals surface area contributed by atoms with Crippen molar-refractivity contribution in [1.82, 2.24) is 0 Å². The number of aryl methyl sites for hydroxylation is 2. The van der Waals surface area contributed by atoms with Gasteiger partial charge in [0.15, 0.2) is 0 Å². The molecule has 0 spiro atoms. The summed E-state index contributed by atoms with van der Waals surface area (Å²) in [5.74, 6) is 0. The number of benzene rings is 6. The molecule has 0 aliphatic rings. The first-order valence-corrected chi connectivity index (χ1v) is 26.8. The number of hydrogen-bond acceptors (Lipinski definition) is 0. The molecule has 4 heteroatoms. The molecule has 8 aromatic rings. The molecule has 0 saturated carbocycles. The van der Waals surface area contributed by atoms with Gasteiger partial charge in [-0.1, -0.05) is 161 Å². The van der Waals surface area contributed by atoms with E-state index in [9.17, 15) is 0 Å². The molecule has 0 N–H and O–H groups in total. The average Bonchev–Trinajstić information content (AvgIpc) is 3.81. The molecule has 0 fully saturated rings. The fourth-order valence-electron chi connectivity index (χ4n) is 7.03. The van der Waals surface area contributed by atoms with Crippen LogP contribution in [0.4, 0.5) is 0 Å². The Kier molecular flexibility index (Phi) is 16.0. The molecule has 0 aliphatic carbocycles. The van der Waals surface area contributed by atoms with Gasteiger partial charge in [-0.3, -0.25) is 0 Å². The predicted octanol–water partition coefficient (Wildman–Crippen LogP) is 15.6. The first kappa shape index (κ1) is 39.9. The molecule has 0 bridgehead atoms. The quantitative estimate of drug-likeness (QED) is 0.106. The summed E-state index contributed by atoms with van der Waals surface area (Å²) in [7, 11) is 11.0. The maximum atomic E-state index is 4.93. The van der Waals surface area contributed by atoms with Crippen molar-refractivity contribution in [2.75, 3.05) is 0 Å². The minimum atomic E-state index is -0.826. The van der Waals surface area contributed by atoms with Crippen LogP contribution < -0.4 is 0 Å². The third kappa shape index (κ3) is 10.0. The fourth-order valence-corrected chi connectivity index (χ4v) is 7.03. The monoisotopic (exact) mass is 812 g/mol. The number of unbranched alkanes of at least 4 members (excludes halogenated alkanes) is 2. The molecule has 0 aromatic heterocycles. The van der Waals surface area contributed by atoms with Crippen molar-refractivity contribution in [3.63, 3.8) is 0 Å². The Labute approximate surface area is 332 Å². The molecule has 2 radical (unpaired) electrons. The van der Waals surface area contributed by atoms with Crippen LogP contribution in [0.15, 0.2) is 146 Å². The molecule has 0 aliphatic heterocycles. The van der Waals surface area contributed by atoms with Crippen molar-refractivity contribution in [1.29, 1.82) is 0 Å². The van der Waals surface area contributed by atoms with Gasteiger partial charge in [0.2, 0.25) is 0 Å². The summed E-state index contributed by atoms with van der Waals surface area (Å²) in [6, 6.07) is 53.4. The van der Waals surface area contributed by atoms with Gasteiger partial charge >= 0.3 is 37.9 Å². The summed E-state index contributed by atoms with van der Waals surface area (Å²) < 4.78 is 0. The second-order valence-corrected chi connectivity index (χ2v) is 17.9. The van der Waals surface area contributed by atoms with E-state index < -0.39 is 20.8 Å². The SMILES string of the molecule is CCCCc1cc2c(-c3cccc4ccccc34)cccc2[cH-]1.CCCCc1cc2c(-c3cccc4ccccc34)cccc2[cH-]1.C[Si]C.[Cl][Zr+2][Cl]. The number of halogens is 2. The van der Waals surface area contributed by atoms with E-state index in [0.717, 1.165) is 9.52 Å². The molecule has 0 unspecified atom stereocenters. The fraction of sp³-hybridized carbons (Fsp3) is 0.208. The third-order valence-corrected chi connectivity index (χ3v) is 9.42. The third-order valence-electron chi connectivity index (χ3n) is 9.42. The van der Waals surface area contributed by atoms with E-state index in [1.54, 1.807) is 0 Å². The first-order chi connectivity index (χ1) is 25.6. The second-order valence-electron chi connectivity index (χ2n) is 13.2. The van der Waals surface area contributed by atoms with Crippen LogP contribution in [-0.2, 0) is 33.7 Å². The van der Waals surface area contributed by atoms with E-state index in [1.807, 2.05) is 0 Å². The van der Waals surface area contributed by atoms with Crippen LogP contribution in [0.25, 0.3) is 65.3 Å². The zero-order valence-corrected chi connectivity index (χ0v) is 35.8. The molecule has 0 saturated heterocycles. The van der Waals surface area contributed by atoms with Crippen LogP contribution in [-0.4, -0.2) is 9.52 Å². The van der Waals surface area contributed by atoms with E-state index in [4.69, 9.17) is 17.0 Å². The summed E-state index contributed by atoms with van der Waals surface area (Å²) >= 11 is -0.826. The topological polar surface area (TPSA) is 0 Å². The molecule has 8 aromatic carbocycles. The number of hydrogen-bond donors (Lipinski definition) is 0. The second kappa shape index (κ2) is 20.8. The predicted molar refractivity (Wildman–Crippen MR) is 231 cm³/mol. The average molecular weight is 815 g/mol. The molecule has 0 heterocycles. The van der Waals surface area contributed by atoms with Crippen LogP contribution in [0.5, 0.6) is 0 Å². The Bertz CT molecular complexity index is 2120. The van der Waals surface area contributed by atoms with Crippen molar-refractivity contribution in [3.8, 4) is 22.3 Å². The van der Waals surface area contributed by atoms with Crippen molar-refractivity contribution < 1.29 is 20.8 Å². The van der Waals surface area contributed by atoms with Crippen LogP contribution in [0, 0.1) is 0 Å². The molecule has 0 amide bonds. The first-order valence-electron chi connectivity index (χ1n) is 18.4.